The van der Waals surface area contributed by atoms with Crippen LogP contribution in [0.25, 0.3) is 0 Å². The van der Waals surface area contributed by atoms with E-state index in [0.717, 1.165) is 24.2 Å². The van der Waals surface area contributed by atoms with Gasteiger partial charge in [-0.25, -0.2) is 0 Å². The van der Waals surface area contributed by atoms with Crippen molar-refractivity contribution in [1.82, 2.24) is 4.90 Å². The molecule has 5 heteroatoms. The highest BCUT2D eigenvalue weighted by Crippen LogP contribution is 2.17. The lowest BCUT2D eigenvalue weighted by Gasteiger charge is -2.23. The van der Waals surface area contributed by atoms with Gasteiger partial charge in [0.15, 0.2) is 0 Å². The molecule has 1 heterocycles. The largest absolute Gasteiger partial charge is 0.392 e. The molecule has 0 saturated carbocycles. The number of nitrogens with zero attached hydrogens (tertiary/aromatic N) is 1. The first-order valence-corrected chi connectivity index (χ1v) is 6.62. The number of nitrogens with two attached hydrogens (primary N) is 1. The summed E-state index contributed by atoms with van der Waals surface area (Å²) < 4.78 is 0. The van der Waals surface area contributed by atoms with Crippen LogP contribution in [0.2, 0.25) is 0 Å². The minimum atomic E-state index is -0.313. The highest BCUT2D eigenvalue weighted by atomic mass is 16.3. The number of hydrogen-bond donors (Lipinski definition) is 3. The third-order valence-corrected chi connectivity index (χ3v) is 3.62. The maximum atomic E-state index is 12.2. The van der Waals surface area contributed by atoms with Gasteiger partial charge < -0.3 is 16.2 Å². The fraction of sp³-hybridized carbons (Fsp3) is 0.500. The minimum absolute atomic E-state index is 0.0602. The molecule has 19 heavy (non-hydrogen) atoms. The number of likely N-dealkylation sites (tertiary alicyclic amines) is 1. The number of hydrogen-bond acceptors (Lipinski definition) is 4. The molecule has 1 amide bonds. The number of aliphatic hydroxyl groups excluding tert-OH is 1. The summed E-state index contributed by atoms with van der Waals surface area (Å²) in [6, 6.07) is 7.28. The number of aliphatic hydroxyl groups is 1. The lowest BCUT2D eigenvalue weighted by molar-refractivity contribution is -0.120. The van der Waals surface area contributed by atoms with Crippen molar-refractivity contribution in [2.45, 2.75) is 32.0 Å². The van der Waals surface area contributed by atoms with Gasteiger partial charge in [-0.05, 0) is 25.0 Å². The van der Waals surface area contributed by atoms with Crippen LogP contribution in [0, 0.1) is 0 Å². The standard InChI is InChI=1S/C14H21N3O2/c1-10(17-7-6-12(18)9-17)14(19)16-13-5-3-2-4-11(13)8-15/h2-5,10,12,18H,6-9,15H2,1H3,(H,16,19). The monoisotopic (exact) mass is 263 g/mol. The lowest BCUT2D eigenvalue weighted by Crippen LogP contribution is -2.41. The molecule has 1 fully saturated rings. The van der Waals surface area contributed by atoms with Crippen molar-refractivity contribution in [3.05, 3.63) is 29.8 Å². The molecule has 0 bridgehead atoms. The van der Waals surface area contributed by atoms with E-state index in [1.807, 2.05) is 36.1 Å². The third-order valence-electron chi connectivity index (χ3n) is 3.62. The van der Waals surface area contributed by atoms with Gasteiger partial charge in [0.05, 0.1) is 12.1 Å². The molecule has 1 aliphatic heterocycles. The lowest BCUT2D eigenvalue weighted by atomic mass is 10.1. The van der Waals surface area contributed by atoms with E-state index < -0.39 is 0 Å². The Morgan fingerprint density at radius 3 is 2.95 bits per heavy atom. The summed E-state index contributed by atoms with van der Waals surface area (Å²) >= 11 is 0. The minimum Gasteiger partial charge on any atom is -0.392 e. The molecule has 0 aliphatic carbocycles. The zero-order chi connectivity index (χ0) is 13.8. The second-order valence-electron chi connectivity index (χ2n) is 4.96. The quantitative estimate of drug-likeness (QED) is 0.741. The summed E-state index contributed by atoms with van der Waals surface area (Å²) in [5, 5.41) is 12.4. The van der Waals surface area contributed by atoms with Gasteiger partial charge in [-0.2, -0.15) is 0 Å². The Morgan fingerprint density at radius 1 is 1.58 bits per heavy atom. The van der Waals surface area contributed by atoms with Crippen molar-refractivity contribution >= 4 is 11.6 Å². The number of carbonyl (C=O) groups excluding carboxylic acids is 1. The molecule has 2 rings (SSSR count). The van der Waals surface area contributed by atoms with Gasteiger partial charge in [0, 0.05) is 25.3 Å². The molecule has 0 radical (unpaired) electrons. The highest BCUT2D eigenvalue weighted by Gasteiger charge is 2.28. The molecule has 1 aliphatic rings. The summed E-state index contributed by atoms with van der Waals surface area (Å²) in [5.74, 6) is -0.0602. The number of β-amino-alcohol motifs (C(OH)–C–C–N with tert-alkyl or cyclic N) is 1. The third kappa shape index (κ3) is 3.32. The van der Waals surface area contributed by atoms with Crippen molar-refractivity contribution < 1.29 is 9.90 Å². The molecule has 1 aromatic carbocycles. The van der Waals surface area contributed by atoms with Crippen LogP contribution in [0.3, 0.4) is 0 Å². The molecular weight excluding hydrogens is 242 g/mol. The Labute approximate surface area is 113 Å². The van der Waals surface area contributed by atoms with Crippen LogP contribution in [0.15, 0.2) is 24.3 Å². The number of carbonyl (C=O) groups is 1. The average Bonchev–Trinajstić information content (AvgIpc) is 2.85. The normalized spacial score (nSPS) is 21.3. The van der Waals surface area contributed by atoms with E-state index in [-0.39, 0.29) is 18.1 Å². The Hall–Kier alpha value is -1.43. The SMILES string of the molecule is CC(C(=O)Nc1ccccc1CN)N1CCC(O)C1. The second kappa shape index (κ2) is 6.14. The fourth-order valence-corrected chi connectivity index (χ4v) is 2.34. The zero-order valence-electron chi connectivity index (χ0n) is 11.2. The Kier molecular flexibility index (Phi) is 4.52. The van der Waals surface area contributed by atoms with Gasteiger partial charge in [-0.15, -0.1) is 0 Å². The maximum absolute atomic E-state index is 12.2. The molecular formula is C14H21N3O2. The molecule has 2 unspecified atom stereocenters. The van der Waals surface area contributed by atoms with Crippen LogP contribution in [0.5, 0.6) is 0 Å². The van der Waals surface area contributed by atoms with Crippen molar-refractivity contribution in [2.75, 3.05) is 18.4 Å². The average molecular weight is 263 g/mol. The zero-order valence-corrected chi connectivity index (χ0v) is 11.2. The number of anilines is 1. The smallest absolute Gasteiger partial charge is 0.241 e. The van der Waals surface area contributed by atoms with Crippen molar-refractivity contribution in [3.63, 3.8) is 0 Å². The summed E-state index contributed by atoms with van der Waals surface area (Å²) in [6.45, 7) is 3.58. The van der Waals surface area contributed by atoms with E-state index in [1.54, 1.807) is 0 Å². The molecule has 1 saturated heterocycles. The molecule has 0 spiro atoms. The van der Waals surface area contributed by atoms with Crippen LogP contribution < -0.4 is 11.1 Å². The predicted octanol–water partition coefficient (Wildman–Crippen LogP) is 0.539. The van der Waals surface area contributed by atoms with E-state index in [9.17, 15) is 9.90 Å². The molecule has 4 N–H and O–H groups in total. The van der Waals surface area contributed by atoms with E-state index in [0.29, 0.717) is 13.1 Å². The number of para-hydroxylation sites is 1. The Morgan fingerprint density at radius 2 is 2.32 bits per heavy atom. The van der Waals surface area contributed by atoms with Crippen LogP contribution in [-0.4, -0.2) is 41.1 Å². The van der Waals surface area contributed by atoms with E-state index in [4.69, 9.17) is 5.73 Å². The Bertz CT molecular complexity index is 450. The molecule has 104 valence electrons. The first kappa shape index (κ1) is 14.0. The summed E-state index contributed by atoms with van der Waals surface area (Å²) in [4.78, 5) is 14.2. The van der Waals surface area contributed by atoms with E-state index >= 15 is 0 Å². The molecule has 1 aromatic rings. The van der Waals surface area contributed by atoms with Gasteiger partial charge in [0.25, 0.3) is 0 Å². The summed E-state index contributed by atoms with van der Waals surface area (Å²) in [6.07, 6.45) is 0.420. The van der Waals surface area contributed by atoms with Crippen molar-refractivity contribution in [1.29, 1.82) is 0 Å². The van der Waals surface area contributed by atoms with Gasteiger partial charge in [-0.3, -0.25) is 9.69 Å². The van der Waals surface area contributed by atoms with E-state index in [2.05, 4.69) is 5.32 Å². The number of rotatable bonds is 4. The molecule has 5 nitrogen and oxygen atoms in total. The van der Waals surface area contributed by atoms with Crippen molar-refractivity contribution in [2.24, 2.45) is 5.73 Å². The second-order valence-corrected chi connectivity index (χ2v) is 4.96. The van der Waals surface area contributed by atoms with Crippen molar-refractivity contribution in [3.8, 4) is 0 Å². The summed E-state index contributed by atoms with van der Waals surface area (Å²) in [7, 11) is 0. The van der Waals surface area contributed by atoms with Gasteiger partial charge in [0.1, 0.15) is 0 Å². The molecule has 2 atom stereocenters. The fourth-order valence-electron chi connectivity index (χ4n) is 2.34. The van der Waals surface area contributed by atoms with Crippen LogP contribution in [0.4, 0.5) is 5.69 Å². The number of benzene rings is 1. The number of nitrogens with one attached hydrogen (secondary N) is 1. The summed E-state index contributed by atoms with van der Waals surface area (Å²) in [5.41, 5.74) is 7.33. The first-order valence-electron chi connectivity index (χ1n) is 6.62. The first-order chi connectivity index (χ1) is 9.11. The van der Waals surface area contributed by atoms with Gasteiger partial charge in [0.2, 0.25) is 5.91 Å². The Balaban J connectivity index is 2.00. The molecule has 0 aromatic heterocycles. The highest BCUT2D eigenvalue weighted by molar-refractivity contribution is 5.95. The van der Waals surface area contributed by atoms with Crippen LogP contribution >= 0.6 is 0 Å². The predicted molar refractivity (Wildman–Crippen MR) is 74.6 cm³/mol. The topological polar surface area (TPSA) is 78.6 Å². The van der Waals surface area contributed by atoms with Crippen LogP contribution in [0.1, 0.15) is 18.9 Å². The van der Waals surface area contributed by atoms with E-state index in [1.165, 1.54) is 0 Å². The van der Waals surface area contributed by atoms with Gasteiger partial charge in [-0.1, -0.05) is 18.2 Å². The van der Waals surface area contributed by atoms with Crippen LogP contribution in [-0.2, 0) is 11.3 Å². The van der Waals surface area contributed by atoms with Gasteiger partial charge >= 0.3 is 0 Å². The maximum Gasteiger partial charge on any atom is 0.241 e. The number of amides is 1.